The Morgan fingerprint density at radius 3 is 2.26 bits per heavy atom. The van der Waals surface area contributed by atoms with Crippen molar-refractivity contribution in [1.82, 2.24) is 10.6 Å². The van der Waals surface area contributed by atoms with Crippen LogP contribution >= 0.6 is 12.4 Å². The van der Waals surface area contributed by atoms with E-state index in [1.165, 1.54) is 0 Å². The highest BCUT2D eigenvalue weighted by Crippen LogP contribution is 2.09. The van der Waals surface area contributed by atoms with Crippen LogP contribution in [-0.4, -0.2) is 37.0 Å². The quantitative estimate of drug-likeness (QED) is 0.628. The molecule has 0 heterocycles. The number of hydrogen-bond acceptors (Lipinski definition) is 4. The van der Waals surface area contributed by atoms with E-state index in [2.05, 4.69) is 10.6 Å². The third-order valence-electron chi connectivity index (χ3n) is 3.61. The molecule has 0 unspecified atom stereocenters. The number of halogens is 1. The fourth-order valence-corrected chi connectivity index (χ4v) is 1.73. The maximum Gasteiger partial charge on any atom is 0.258 e. The Kier molecular flexibility index (Phi) is 10.0. The highest BCUT2D eigenvalue weighted by molar-refractivity contribution is 5.85. The number of benzene rings is 1. The largest absolute Gasteiger partial charge is 0.484 e. The molecule has 0 aliphatic carbocycles. The Balaban J connectivity index is 0.00000484. The molecule has 2 amide bonds. The number of amides is 2. The molecule has 1 aromatic rings. The molecule has 0 aromatic heterocycles. The average Bonchev–Trinajstić information content (AvgIpc) is 2.56. The van der Waals surface area contributed by atoms with Gasteiger partial charge in [0, 0.05) is 12.1 Å². The van der Waals surface area contributed by atoms with Crippen molar-refractivity contribution in [2.75, 3.05) is 19.7 Å². The van der Waals surface area contributed by atoms with Crippen LogP contribution in [0.2, 0.25) is 0 Å². The number of para-hydroxylation sites is 1. The van der Waals surface area contributed by atoms with Gasteiger partial charge in [0.1, 0.15) is 5.75 Å². The summed E-state index contributed by atoms with van der Waals surface area (Å²) in [4.78, 5) is 23.3. The lowest BCUT2D eigenvalue weighted by Gasteiger charge is -2.26. The van der Waals surface area contributed by atoms with Crippen LogP contribution in [0.25, 0.3) is 0 Å². The minimum atomic E-state index is -0.393. The van der Waals surface area contributed by atoms with Gasteiger partial charge in [-0.25, -0.2) is 0 Å². The van der Waals surface area contributed by atoms with Crippen LogP contribution in [0.4, 0.5) is 0 Å². The van der Waals surface area contributed by atoms with Gasteiger partial charge in [-0.05, 0) is 25.0 Å². The maximum atomic E-state index is 11.7. The minimum Gasteiger partial charge on any atom is -0.484 e. The molecule has 0 aliphatic heterocycles. The molecule has 0 atom stereocenters. The third-order valence-corrected chi connectivity index (χ3v) is 3.61. The molecule has 0 fully saturated rings. The number of carbonyl (C=O) groups excluding carboxylic acids is 2. The van der Waals surface area contributed by atoms with E-state index in [1.807, 2.05) is 32.0 Å². The van der Waals surface area contributed by atoms with E-state index >= 15 is 0 Å². The normalized spacial score (nSPS) is 10.4. The van der Waals surface area contributed by atoms with Crippen molar-refractivity contribution in [3.05, 3.63) is 30.3 Å². The van der Waals surface area contributed by atoms with Gasteiger partial charge in [0.05, 0.1) is 6.54 Å². The van der Waals surface area contributed by atoms with Gasteiger partial charge in [0.25, 0.3) is 5.91 Å². The van der Waals surface area contributed by atoms with E-state index < -0.39 is 5.54 Å². The van der Waals surface area contributed by atoms with Crippen molar-refractivity contribution in [3.8, 4) is 5.75 Å². The standard InChI is InChI=1S/C16H25N3O3.ClH/c1-3-16(17,4-2)12-19-14(20)10-18-15(21)11-22-13-8-6-5-7-9-13;/h5-9H,3-4,10-12,17H2,1-2H3,(H,18,21)(H,19,20);1H. The molecule has 23 heavy (non-hydrogen) atoms. The van der Waals surface area contributed by atoms with Gasteiger partial charge in [-0.2, -0.15) is 0 Å². The summed E-state index contributed by atoms with van der Waals surface area (Å²) in [6, 6.07) is 9.02. The molecular formula is C16H26ClN3O3. The molecule has 1 rings (SSSR count). The number of carbonyl (C=O) groups is 2. The second-order valence-electron chi connectivity index (χ2n) is 5.22. The van der Waals surface area contributed by atoms with Gasteiger partial charge >= 0.3 is 0 Å². The van der Waals surface area contributed by atoms with Gasteiger partial charge < -0.3 is 21.1 Å². The Morgan fingerprint density at radius 1 is 1.09 bits per heavy atom. The molecule has 0 spiro atoms. The lowest BCUT2D eigenvalue weighted by Crippen LogP contribution is -2.51. The minimum absolute atomic E-state index is 0. The lowest BCUT2D eigenvalue weighted by atomic mass is 9.94. The van der Waals surface area contributed by atoms with E-state index in [1.54, 1.807) is 12.1 Å². The van der Waals surface area contributed by atoms with Gasteiger partial charge in [-0.3, -0.25) is 9.59 Å². The van der Waals surface area contributed by atoms with Crippen LogP contribution in [0.3, 0.4) is 0 Å². The van der Waals surface area contributed by atoms with Crippen molar-refractivity contribution < 1.29 is 14.3 Å². The van der Waals surface area contributed by atoms with Crippen molar-refractivity contribution >= 4 is 24.2 Å². The van der Waals surface area contributed by atoms with E-state index in [-0.39, 0.29) is 37.4 Å². The van der Waals surface area contributed by atoms with Gasteiger partial charge in [-0.1, -0.05) is 32.0 Å². The first-order valence-electron chi connectivity index (χ1n) is 7.49. The molecule has 130 valence electrons. The fraction of sp³-hybridized carbons (Fsp3) is 0.500. The molecule has 7 heteroatoms. The third kappa shape index (κ3) is 8.42. The highest BCUT2D eigenvalue weighted by atomic mass is 35.5. The molecule has 0 aliphatic rings. The van der Waals surface area contributed by atoms with Gasteiger partial charge in [0.2, 0.25) is 5.91 Å². The molecule has 0 saturated heterocycles. The molecule has 6 nitrogen and oxygen atoms in total. The summed E-state index contributed by atoms with van der Waals surface area (Å²) in [5, 5.41) is 5.24. The van der Waals surface area contributed by atoms with E-state index in [0.717, 1.165) is 12.8 Å². The zero-order chi connectivity index (χ0) is 16.4. The lowest BCUT2D eigenvalue weighted by molar-refractivity contribution is -0.127. The summed E-state index contributed by atoms with van der Waals surface area (Å²) in [5.41, 5.74) is 5.70. The number of nitrogens with two attached hydrogens (primary N) is 1. The van der Waals surface area contributed by atoms with E-state index in [9.17, 15) is 9.59 Å². The smallest absolute Gasteiger partial charge is 0.258 e. The first kappa shape index (κ1) is 21.2. The second kappa shape index (κ2) is 10.9. The molecule has 0 saturated carbocycles. The van der Waals surface area contributed by atoms with E-state index in [0.29, 0.717) is 12.3 Å². The first-order valence-corrected chi connectivity index (χ1v) is 7.49. The molecule has 0 bridgehead atoms. The van der Waals surface area contributed by atoms with Crippen molar-refractivity contribution in [3.63, 3.8) is 0 Å². The predicted octanol–water partition coefficient (Wildman–Crippen LogP) is 1.24. The zero-order valence-corrected chi connectivity index (χ0v) is 14.4. The maximum absolute atomic E-state index is 11.7. The summed E-state index contributed by atoms with van der Waals surface area (Å²) < 4.78 is 5.29. The van der Waals surface area contributed by atoms with Crippen molar-refractivity contribution in [2.45, 2.75) is 32.2 Å². The zero-order valence-electron chi connectivity index (χ0n) is 13.6. The first-order chi connectivity index (χ1) is 10.5. The summed E-state index contributed by atoms with van der Waals surface area (Å²) in [7, 11) is 0. The summed E-state index contributed by atoms with van der Waals surface area (Å²) >= 11 is 0. The van der Waals surface area contributed by atoms with Crippen LogP contribution in [-0.2, 0) is 9.59 Å². The molecule has 0 radical (unpaired) electrons. The van der Waals surface area contributed by atoms with Crippen molar-refractivity contribution in [2.24, 2.45) is 5.73 Å². The molecular weight excluding hydrogens is 318 g/mol. The fourth-order valence-electron chi connectivity index (χ4n) is 1.73. The van der Waals surface area contributed by atoms with Crippen LogP contribution < -0.4 is 21.1 Å². The number of rotatable bonds is 9. The average molecular weight is 344 g/mol. The molecule has 4 N–H and O–H groups in total. The van der Waals surface area contributed by atoms with Crippen LogP contribution in [0.1, 0.15) is 26.7 Å². The van der Waals surface area contributed by atoms with E-state index in [4.69, 9.17) is 10.5 Å². The predicted molar refractivity (Wildman–Crippen MR) is 92.7 cm³/mol. The SMILES string of the molecule is CCC(N)(CC)CNC(=O)CNC(=O)COc1ccccc1.Cl. The summed E-state index contributed by atoms with van der Waals surface area (Å²) in [6.45, 7) is 4.16. The van der Waals surface area contributed by atoms with Gasteiger partial charge in [-0.15, -0.1) is 12.4 Å². The molecule has 1 aromatic carbocycles. The van der Waals surface area contributed by atoms with Crippen LogP contribution in [0, 0.1) is 0 Å². The summed E-state index contributed by atoms with van der Waals surface area (Å²) in [6.07, 6.45) is 1.56. The van der Waals surface area contributed by atoms with Crippen molar-refractivity contribution in [1.29, 1.82) is 0 Å². The number of nitrogens with one attached hydrogen (secondary N) is 2. The van der Waals surface area contributed by atoms with Gasteiger partial charge in [0.15, 0.2) is 6.61 Å². The monoisotopic (exact) mass is 343 g/mol. The summed E-state index contributed by atoms with van der Waals surface area (Å²) in [5.74, 6) is 0.00897. The number of ether oxygens (including phenoxy) is 1. The topological polar surface area (TPSA) is 93.5 Å². The Bertz CT molecular complexity index is 479. The Labute approximate surface area is 143 Å². The number of hydrogen-bond donors (Lipinski definition) is 3. The Morgan fingerprint density at radius 2 is 1.70 bits per heavy atom. The highest BCUT2D eigenvalue weighted by Gasteiger charge is 2.20. The van der Waals surface area contributed by atoms with Crippen LogP contribution in [0.5, 0.6) is 5.75 Å². The Hall–Kier alpha value is -1.79. The van der Waals surface area contributed by atoms with Crippen LogP contribution in [0.15, 0.2) is 30.3 Å². The second-order valence-corrected chi connectivity index (χ2v) is 5.22.